The number of piperidine rings is 1. The maximum Gasteiger partial charge on any atom is 0.137 e. The highest BCUT2D eigenvalue weighted by atomic mass is 35.5. The molecule has 19 heavy (non-hydrogen) atoms. The third kappa shape index (κ3) is 3.85. The van der Waals surface area contributed by atoms with Crippen molar-refractivity contribution >= 4 is 11.6 Å². The predicted octanol–water partition coefficient (Wildman–Crippen LogP) is 3.22. The van der Waals surface area contributed by atoms with E-state index in [1.54, 1.807) is 0 Å². The third-order valence-corrected chi connectivity index (χ3v) is 4.13. The Bertz CT molecular complexity index is 423. The van der Waals surface area contributed by atoms with Crippen LogP contribution in [0.4, 0.5) is 0 Å². The summed E-state index contributed by atoms with van der Waals surface area (Å²) in [6, 6.07) is 6.29. The number of rotatable bonds is 4. The number of likely N-dealkylation sites (tertiary alicyclic amines) is 1. The zero-order valence-corrected chi connectivity index (χ0v) is 12.5. The van der Waals surface area contributed by atoms with E-state index in [2.05, 4.69) is 11.9 Å². The highest BCUT2D eigenvalue weighted by Gasteiger charge is 2.19. The lowest BCUT2D eigenvalue weighted by atomic mass is 10.0. The number of hydrogen-bond acceptors (Lipinski definition) is 3. The van der Waals surface area contributed by atoms with Crippen molar-refractivity contribution in [1.29, 1.82) is 0 Å². The second-order valence-electron chi connectivity index (χ2n) is 5.42. The summed E-state index contributed by atoms with van der Waals surface area (Å²) in [5, 5.41) is 0.647. The molecule has 2 N–H and O–H groups in total. The molecule has 4 heteroatoms. The summed E-state index contributed by atoms with van der Waals surface area (Å²) in [5.74, 6) is 0.755. The summed E-state index contributed by atoms with van der Waals surface area (Å²) in [4.78, 5) is 2.37. The lowest BCUT2D eigenvalue weighted by molar-refractivity contribution is 0.125. The molecule has 1 heterocycles. The summed E-state index contributed by atoms with van der Waals surface area (Å²) >= 11 is 6.23. The number of halogens is 1. The molecule has 2 unspecified atom stereocenters. The van der Waals surface area contributed by atoms with Gasteiger partial charge < -0.3 is 15.4 Å². The lowest BCUT2D eigenvalue weighted by Crippen LogP contribution is -2.40. The van der Waals surface area contributed by atoms with Crippen LogP contribution in [0.25, 0.3) is 0 Å². The molecule has 1 fully saturated rings. The first kappa shape index (κ1) is 14.6. The minimum Gasteiger partial charge on any atom is -0.490 e. The monoisotopic (exact) mass is 282 g/mol. The van der Waals surface area contributed by atoms with Crippen molar-refractivity contribution in [3.63, 3.8) is 0 Å². The highest BCUT2D eigenvalue weighted by Crippen LogP contribution is 2.28. The first-order valence-electron chi connectivity index (χ1n) is 6.96. The van der Waals surface area contributed by atoms with E-state index in [1.807, 2.05) is 25.1 Å². The van der Waals surface area contributed by atoms with Crippen molar-refractivity contribution < 1.29 is 4.74 Å². The average molecular weight is 283 g/mol. The van der Waals surface area contributed by atoms with Gasteiger partial charge in [-0.05, 0) is 51.1 Å². The van der Waals surface area contributed by atoms with Gasteiger partial charge in [0.15, 0.2) is 0 Å². The molecule has 0 spiro atoms. The van der Waals surface area contributed by atoms with Gasteiger partial charge in [-0.25, -0.2) is 0 Å². The maximum absolute atomic E-state index is 6.23. The van der Waals surface area contributed by atoms with Gasteiger partial charge in [0.25, 0.3) is 0 Å². The lowest BCUT2D eigenvalue weighted by Gasteiger charge is -2.32. The van der Waals surface area contributed by atoms with E-state index >= 15 is 0 Å². The topological polar surface area (TPSA) is 38.5 Å². The highest BCUT2D eigenvalue weighted by molar-refractivity contribution is 6.32. The Kier molecular flexibility index (Phi) is 5.08. The van der Waals surface area contributed by atoms with Crippen LogP contribution in [-0.2, 0) is 0 Å². The van der Waals surface area contributed by atoms with Crippen LogP contribution in [0.1, 0.15) is 37.8 Å². The van der Waals surface area contributed by atoms with Crippen LogP contribution in [0.15, 0.2) is 18.2 Å². The minimum atomic E-state index is -0.00368. The van der Waals surface area contributed by atoms with E-state index in [1.165, 1.54) is 19.3 Å². The predicted molar refractivity (Wildman–Crippen MR) is 79.8 cm³/mol. The number of nitrogens with zero attached hydrogens (tertiary/aromatic N) is 1. The SMILES string of the molecule is CC(N)c1ccc(OCC2CCCCN2C)c(Cl)c1. The summed E-state index contributed by atoms with van der Waals surface area (Å²) < 4.78 is 5.87. The molecule has 2 atom stereocenters. The van der Waals surface area contributed by atoms with Crippen LogP contribution in [0.3, 0.4) is 0 Å². The number of benzene rings is 1. The standard InChI is InChI=1S/C15H23ClN2O/c1-11(17)12-6-7-15(14(16)9-12)19-10-13-5-3-4-8-18(13)2/h6-7,9,11,13H,3-5,8,10,17H2,1-2H3. The van der Waals surface area contributed by atoms with Gasteiger partial charge >= 0.3 is 0 Å². The Hall–Kier alpha value is -0.770. The quantitative estimate of drug-likeness (QED) is 0.921. The number of nitrogens with two attached hydrogens (primary N) is 1. The average Bonchev–Trinajstić information content (AvgIpc) is 2.39. The van der Waals surface area contributed by atoms with Crippen LogP contribution in [-0.4, -0.2) is 31.1 Å². The van der Waals surface area contributed by atoms with Crippen LogP contribution in [0.2, 0.25) is 5.02 Å². The molecule has 1 aromatic carbocycles. The molecule has 2 rings (SSSR count). The normalized spacial score (nSPS) is 22.2. The zero-order valence-electron chi connectivity index (χ0n) is 11.7. The van der Waals surface area contributed by atoms with Crippen molar-refractivity contribution in [3.8, 4) is 5.75 Å². The van der Waals surface area contributed by atoms with E-state index in [4.69, 9.17) is 22.1 Å². The van der Waals surface area contributed by atoms with E-state index in [9.17, 15) is 0 Å². The van der Waals surface area contributed by atoms with Gasteiger partial charge in [-0.1, -0.05) is 24.1 Å². The van der Waals surface area contributed by atoms with Crippen LogP contribution in [0, 0.1) is 0 Å². The summed E-state index contributed by atoms with van der Waals surface area (Å²) in [7, 11) is 2.16. The molecule has 106 valence electrons. The fraction of sp³-hybridized carbons (Fsp3) is 0.600. The van der Waals surface area contributed by atoms with Crippen LogP contribution >= 0.6 is 11.6 Å². The smallest absolute Gasteiger partial charge is 0.137 e. The second-order valence-corrected chi connectivity index (χ2v) is 5.83. The van der Waals surface area contributed by atoms with Crippen molar-refractivity contribution in [2.75, 3.05) is 20.2 Å². The number of likely N-dealkylation sites (N-methyl/N-ethyl adjacent to an activating group) is 1. The van der Waals surface area contributed by atoms with E-state index in [-0.39, 0.29) is 6.04 Å². The summed E-state index contributed by atoms with van der Waals surface area (Å²) in [6.07, 6.45) is 3.78. The molecule has 0 amide bonds. The largest absolute Gasteiger partial charge is 0.490 e. The maximum atomic E-state index is 6.23. The first-order valence-corrected chi connectivity index (χ1v) is 7.34. The third-order valence-electron chi connectivity index (χ3n) is 3.83. The molecule has 1 saturated heterocycles. The van der Waals surface area contributed by atoms with Gasteiger partial charge in [0.2, 0.25) is 0 Å². The first-order chi connectivity index (χ1) is 9.08. The minimum absolute atomic E-state index is 0.00368. The van der Waals surface area contributed by atoms with Gasteiger partial charge in [0.1, 0.15) is 12.4 Å². The van der Waals surface area contributed by atoms with E-state index in [0.717, 1.165) is 17.9 Å². The molecule has 0 aromatic heterocycles. The molecule has 0 radical (unpaired) electrons. The Morgan fingerprint density at radius 1 is 1.47 bits per heavy atom. The van der Waals surface area contributed by atoms with Crippen molar-refractivity contribution in [2.45, 2.75) is 38.3 Å². The Morgan fingerprint density at radius 2 is 2.26 bits per heavy atom. The molecule has 1 aliphatic heterocycles. The van der Waals surface area contributed by atoms with E-state index < -0.39 is 0 Å². The molecule has 0 aliphatic carbocycles. The Balaban J connectivity index is 1.95. The van der Waals surface area contributed by atoms with Gasteiger partial charge in [0, 0.05) is 12.1 Å². The number of hydrogen-bond donors (Lipinski definition) is 1. The van der Waals surface area contributed by atoms with Crippen molar-refractivity contribution in [2.24, 2.45) is 5.73 Å². The molecule has 0 bridgehead atoms. The molecular formula is C15H23ClN2O. The van der Waals surface area contributed by atoms with Crippen LogP contribution in [0.5, 0.6) is 5.75 Å². The molecular weight excluding hydrogens is 260 g/mol. The fourth-order valence-electron chi connectivity index (χ4n) is 2.46. The number of ether oxygens (including phenoxy) is 1. The van der Waals surface area contributed by atoms with Crippen molar-refractivity contribution in [1.82, 2.24) is 4.90 Å². The summed E-state index contributed by atoms with van der Waals surface area (Å²) in [6.45, 7) is 3.81. The Morgan fingerprint density at radius 3 is 2.89 bits per heavy atom. The van der Waals surface area contributed by atoms with Gasteiger partial charge in [-0.15, -0.1) is 0 Å². The molecule has 0 saturated carbocycles. The molecule has 3 nitrogen and oxygen atoms in total. The van der Waals surface area contributed by atoms with Gasteiger partial charge in [0.05, 0.1) is 5.02 Å². The fourth-order valence-corrected chi connectivity index (χ4v) is 2.70. The van der Waals surface area contributed by atoms with Crippen molar-refractivity contribution in [3.05, 3.63) is 28.8 Å². The summed E-state index contributed by atoms with van der Waals surface area (Å²) in [5.41, 5.74) is 6.87. The second kappa shape index (κ2) is 6.60. The van der Waals surface area contributed by atoms with Gasteiger partial charge in [-0.3, -0.25) is 0 Å². The molecule has 1 aromatic rings. The molecule has 1 aliphatic rings. The van der Waals surface area contributed by atoms with Crippen LogP contribution < -0.4 is 10.5 Å². The Labute approximate surface area is 120 Å². The van der Waals surface area contributed by atoms with E-state index in [0.29, 0.717) is 17.7 Å². The van der Waals surface area contributed by atoms with Gasteiger partial charge in [-0.2, -0.15) is 0 Å². The zero-order chi connectivity index (χ0) is 13.8.